The molecule has 1 atom stereocenters. The zero-order chi connectivity index (χ0) is 18.1. The van der Waals surface area contributed by atoms with Gasteiger partial charge in [-0.1, -0.05) is 24.3 Å². The van der Waals surface area contributed by atoms with Gasteiger partial charge in [-0.2, -0.15) is 0 Å². The Kier molecular flexibility index (Phi) is 7.79. The highest BCUT2D eigenvalue weighted by atomic mass is 16.5. The number of benzene rings is 1. The number of nitrogens with one attached hydrogen (secondary N) is 2. The molecule has 0 saturated carbocycles. The lowest BCUT2D eigenvalue weighted by molar-refractivity contribution is 0.218. The minimum absolute atomic E-state index is 0.0640. The van der Waals surface area contributed by atoms with E-state index in [0.29, 0.717) is 12.6 Å². The maximum absolute atomic E-state index is 6.01. The number of piperidine rings is 1. The molecule has 25 heavy (non-hydrogen) atoms. The van der Waals surface area contributed by atoms with Crippen LogP contribution in [0.1, 0.15) is 25.3 Å². The topological polar surface area (TPSA) is 48.9 Å². The minimum Gasteiger partial charge on any atom is -0.489 e. The second kappa shape index (κ2) is 10.1. The summed E-state index contributed by atoms with van der Waals surface area (Å²) in [5.41, 5.74) is 1.16. The fourth-order valence-electron chi connectivity index (χ4n) is 3.02. The number of aryl methyl sites for hydroxylation is 1. The average Bonchev–Trinajstić information content (AvgIpc) is 2.62. The van der Waals surface area contributed by atoms with Gasteiger partial charge in [0.15, 0.2) is 5.96 Å². The van der Waals surface area contributed by atoms with Gasteiger partial charge < -0.3 is 15.4 Å². The van der Waals surface area contributed by atoms with Gasteiger partial charge in [0.1, 0.15) is 11.9 Å². The van der Waals surface area contributed by atoms with Crippen molar-refractivity contribution in [2.45, 2.75) is 38.8 Å². The first kappa shape index (κ1) is 19.3. The largest absolute Gasteiger partial charge is 0.489 e. The van der Waals surface area contributed by atoms with Crippen molar-refractivity contribution in [3.8, 4) is 5.75 Å². The highest BCUT2D eigenvalue weighted by Gasteiger charge is 2.19. The van der Waals surface area contributed by atoms with Gasteiger partial charge in [0.25, 0.3) is 0 Å². The van der Waals surface area contributed by atoms with Gasteiger partial charge in [-0.15, -0.1) is 6.58 Å². The molecule has 1 aliphatic rings. The van der Waals surface area contributed by atoms with Crippen molar-refractivity contribution in [3.63, 3.8) is 0 Å². The van der Waals surface area contributed by atoms with Gasteiger partial charge in [0.05, 0.1) is 6.54 Å². The molecule has 1 aliphatic heterocycles. The third kappa shape index (κ3) is 6.42. The van der Waals surface area contributed by atoms with Crippen LogP contribution in [-0.4, -0.2) is 56.2 Å². The van der Waals surface area contributed by atoms with Crippen LogP contribution in [0.25, 0.3) is 0 Å². The molecule has 1 heterocycles. The van der Waals surface area contributed by atoms with Crippen LogP contribution in [0.3, 0.4) is 0 Å². The van der Waals surface area contributed by atoms with Crippen LogP contribution in [0.5, 0.6) is 5.75 Å². The maximum Gasteiger partial charge on any atom is 0.191 e. The number of nitrogens with zero attached hydrogens (tertiary/aromatic N) is 2. The first-order valence-corrected chi connectivity index (χ1v) is 9.15. The molecule has 0 aliphatic carbocycles. The van der Waals surface area contributed by atoms with Crippen LogP contribution in [0.15, 0.2) is 41.9 Å². The average molecular weight is 345 g/mol. The van der Waals surface area contributed by atoms with Crippen molar-refractivity contribution < 1.29 is 4.74 Å². The summed E-state index contributed by atoms with van der Waals surface area (Å²) in [6, 6.07) is 8.57. The molecule has 2 rings (SSSR count). The predicted octanol–water partition coefficient (Wildman–Crippen LogP) is 2.58. The SMILES string of the molecule is C=CCN1CCC(NC(=NC)NCC(C)Oc2ccccc2C)CC1. The summed E-state index contributed by atoms with van der Waals surface area (Å²) >= 11 is 0. The molecule has 1 aromatic rings. The molecule has 0 spiro atoms. The van der Waals surface area contributed by atoms with E-state index in [9.17, 15) is 0 Å². The Balaban J connectivity index is 1.73. The summed E-state index contributed by atoms with van der Waals surface area (Å²) in [4.78, 5) is 6.77. The lowest BCUT2D eigenvalue weighted by Crippen LogP contribution is -2.50. The van der Waals surface area contributed by atoms with E-state index in [0.717, 1.165) is 49.7 Å². The van der Waals surface area contributed by atoms with Crippen LogP contribution in [0.2, 0.25) is 0 Å². The standard InChI is InChI=1S/C20H32N4O/c1-5-12-24-13-10-18(11-14-24)23-20(21-4)22-15-17(3)25-19-9-7-6-8-16(19)2/h5-9,17-18H,1,10-15H2,2-4H3,(H2,21,22,23). The number of aliphatic imine (C=N–C) groups is 1. The number of rotatable bonds is 7. The Morgan fingerprint density at radius 1 is 1.40 bits per heavy atom. The fraction of sp³-hybridized carbons (Fsp3) is 0.550. The highest BCUT2D eigenvalue weighted by molar-refractivity contribution is 5.80. The zero-order valence-corrected chi connectivity index (χ0v) is 15.8. The van der Waals surface area contributed by atoms with E-state index in [4.69, 9.17) is 4.74 Å². The molecule has 1 fully saturated rings. The second-order valence-corrected chi connectivity index (χ2v) is 6.65. The molecule has 5 heteroatoms. The summed E-state index contributed by atoms with van der Waals surface area (Å²) in [5.74, 6) is 1.79. The third-order valence-corrected chi connectivity index (χ3v) is 4.52. The summed E-state index contributed by atoms with van der Waals surface area (Å²) in [7, 11) is 1.81. The molecule has 0 radical (unpaired) electrons. The number of likely N-dealkylation sites (tertiary alicyclic amines) is 1. The van der Waals surface area contributed by atoms with E-state index in [1.807, 2.05) is 31.3 Å². The number of guanidine groups is 1. The van der Waals surface area contributed by atoms with Crippen LogP contribution in [-0.2, 0) is 0 Å². The van der Waals surface area contributed by atoms with Crippen LogP contribution in [0.4, 0.5) is 0 Å². The van der Waals surface area contributed by atoms with E-state index in [2.05, 4.69) is 47.0 Å². The first-order valence-electron chi connectivity index (χ1n) is 9.15. The molecular formula is C20H32N4O. The van der Waals surface area contributed by atoms with Crippen molar-refractivity contribution in [1.82, 2.24) is 15.5 Å². The summed E-state index contributed by atoms with van der Waals surface area (Å²) in [6.07, 6.45) is 4.30. The van der Waals surface area contributed by atoms with Gasteiger partial charge in [-0.3, -0.25) is 9.89 Å². The molecule has 1 unspecified atom stereocenters. The third-order valence-electron chi connectivity index (χ3n) is 4.52. The summed E-state index contributed by atoms with van der Waals surface area (Å²) in [6.45, 7) is 11.8. The molecule has 1 saturated heterocycles. The Bertz CT molecular complexity index is 565. The van der Waals surface area contributed by atoms with Crippen molar-refractivity contribution in [2.24, 2.45) is 4.99 Å². The Hall–Kier alpha value is -2.01. The maximum atomic E-state index is 6.01. The molecular weight excluding hydrogens is 312 g/mol. The zero-order valence-electron chi connectivity index (χ0n) is 15.8. The highest BCUT2D eigenvalue weighted by Crippen LogP contribution is 2.17. The molecule has 1 aromatic carbocycles. The smallest absolute Gasteiger partial charge is 0.191 e. The Labute approximate surface area is 152 Å². The summed E-state index contributed by atoms with van der Waals surface area (Å²) < 4.78 is 6.01. The molecule has 5 nitrogen and oxygen atoms in total. The number of hydrogen-bond donors (Lipinski definition) is 2. The molecule has 138 valence electrons. The van der Waals surface area contributed by atoms with E-state index in [-0.39, 0.29) is 6.10 Å². The van der Waals surface area contributed by atoms with Crippen LogP contribution in [0, 0.1) is 6.92 Å². The van der Waals surface area contributed by atoms with E-state index < -0.39 is 0 Å². The quantitative estimate of drug-likeness (QED) is 0.453. The number of ether oxygens (including phenoxy) is 1. The molecule has 0 amide bonds. The van der Waals surface area contributed by atoms with Gasteiger partial charge in [-0.25, -0.2) is 0 Å². The van der Waals surface area contributed by atoms with Gasteiger partial charge in [0, 0.05) is 32.7 Å². The normalized spacial score (nSPS) is 17.8. The van der Waals surface area contributed by atoms with Crippen molar-refractivity contribution in [2.75, 3.05) is 33.2 Å². The Morgan fingerprint density at radius 3 is 2.76 bits per heavy atom. The Morgan fingerprint density at radius 2 is 2.12 bits per heavy atom. The fourth-order valence-corrected chi connectivity index (χ4v) is 3.02. The molecule has 0 aromatic heterocycles. The minimum atomic E-state index is 0.0640. The van der Waals surface area contributed by atoms with Crippen LogP contribution >= 0.6 is 0 Å². The molecule has 2 N–H and O–H groups in total. The number of hydrogen-bond acceptors (Lipinski definition) is 3. The van der Waals surface area contributed by atoms with Gasteiger partial charge in [0.2, 0.25) is 0 Å². The van der Waals surface area contributed by atoms with E-state index in [1.165, 1.54) is 0 Å². The van der Waals surface area contributed by atoms with Gasteiger partial charge >= 0.3 is 0 Å². The predicted molar refractivity (Wildman–Crippen MR) is 105 cm³/mol. The monoisotopic (exact) mass is 344 g/mol. The second-order valence-electron chi connectivity index (χ2n) is 6.65. The van der Waals surface area contributed by atoms with Gasteiger partial charge in [-0.05, 0) is 38.3 Å². The van der Waals surface area contributed by atoms with Crippen molar-refractivity contribution in [3.05, 3.63) is 42.5 Å². The van der Waals surface area contributed by atoms with E-state index in [1.54, 1.807) is 0 Å². The first-order chi connectivity index (χ1) is 12.1. The summed E-state index contributed by atoms with van der Waals surface area (Å²) in [5, 5.41) is 6.91. The lowest BCUT2D eigenvalue weighted by atomic mass is 10.1. The number of para-hydroxylation sites is 1. The van der Waals surface area contributed by atoms with E-state index >= 15 is 0 Å². The lowest BCUT2D eigenvalue weighted by Gasteiger charge is -2.32. The van der Waals surface area contributed by atoms with Crippen molar-refractivity contribution >= 4 is 5.96 Å². The molecule has 0 bridgehead atoms. The van der Waals surface area contributed by atoms with Crippen LogP contribution < -0.4 is 15.4 Å². The van der Waals surface area contributed by atoms with Crippen molar-refractivity contribution in [1.29, 1.82) is 0 Å².